The number of aromatic nitrogens is 5. The standard InChI is InChI=1S/C32H34N7.Y/c1-21-26(15-11-24-12-16-27(36-29(21)24)23-7-3-2-4-8-23)30-28-31(33)34-20-35-32(28)39(37-30)25-13-9-22(10-14-25)19-38-17-5-6-18-38;/h2-4,7-8,11,15-16,20,22,25H,5-6,9-10,13-14,17-19H2,1H3,(H2,33,34,35);/q-1;. The number of anilines is 1. The van der Waals surface area contributed by atoms with Crippen molar-refractivity contribution >= 4 is 27.8 Å². The summed E-state index contributed by atoms with van der Waals surface area (Å²) in [6, 6.07) is 20.2. The molecule has 5 aromatic rings. The van der Waals surface area contributed by atoms with Crippen LogP contribution in [-0.4, -0.2) is 49.3 Å². The second-order valence-corrected chi connectivity index (χ2v) is 11.2. The molecule has 201 valence electrons. The Bertz CT molecular complexity index is 1630. The molecule has 7 rings (SSSR count). The van der Waals surface area contributed by atoms with Crippen LogP contribution in [-0.2, 0) is 32.7 Å². The molecule has 7 nitrogen and oxygen atoms in total. The van der Waals surface area contributed by atoms with Crippen molar-refractivity contribution in [2.45, 2.75) is 51.5 Å². The van der Waals surface area contributed by atoms with Gasteiger partial charge in [0.2, 0.25) is 0 Å². The van der Waals surface area contributed by atoms with Gasteiger partial charge in [-0.15, -0.1) is 23.6 Å². The van der Waals surface area contributed by atoms with Crippen molar-refractivity contribution in [3.8, 4) is 22.5 Å². The van der Waals surface area contributed by atoms with E-state index in [-0.39, 0.29) is 32.7 Å². The number of benzene rings is 2. The molecule has 1 aliphatic heterocycles. The summed E-state index contributed by atoms with van der Waals surface area (Å²) in [5.74, 6) is 1.25. The van der Waals surface area contributed by atoms with Crippen LogP contribution in [0.3, 0.4) is 0 Å². The van der Waals surface area contributed by atoms with Crippen molar-refractivity contribution in [1.29, 1.82) is 0 Å². The summed E-state index contributed by atoms with van der Waals surface area (Å²) in [5, 5.41) is 7.03. The maximum atomic E-state index is 6.48. The summed E-state index contributed by atoms with van der Waals surface area (Å²) in [6.45, 7) is 5.90. The zero-order chi connectivity index (χ0) is 26.3. The van der Waals surface area contributed by atoms with E-state index in [4.69, 9.17) is 20.8 Å². The van der Waals surface area contributed by atoms with Crippen LogP contribution in [0, 0.1) is 18.9 Å². The van der Waals surface area contributed by atoms with Crippen molar-refractivity contribution in [2.75, 3.05) is 25.4 Å². The van der Waals surface area contributed by atoms with Crippen LogP contribution in [0.1, 0.15) is 50.1 Å². The molecular weight excluding hydrogens is 571 g/mol. The van der Waals surface area contributed by atoms with E-state index in [1.807, 2.05) is 24.3 Å². The number of likely N-dealkylation sites (tertiary alicyclic amines) is 1. The molecule has 1 aliphatic carbocycles. The molecule has 0 bridgehead atoms. The number of fused-ring (bicyclic) bond motifs is 2. The molecule has 1 saturated heterocycles. The van der Waals surface area contributed by atoms with Crippen LogP contribution < -0.4 is 5.73 Å². The van der Waals surface area contributed by atoms with E-state index in [2.05, 4.69) is 51.8 Å². The average molecular weight is 606 g/mol. The van der Waals surface area contributed by atoms with Crippen molar-refractivity contribution < 1.29 is 32.7 Å². The molecule has 4 heterocycles. The Morgan fingerprint density at radius 2 is 1.75 bits per heavy atom. The first-order valence-corrected chi connectivity index (χ1v) is 14.2. The van der Waals surface area contributed by atoms with E-state index in [0.717, 1.165) is 68.8 Å². The SMILES string of the molecule is Cc1c(-c2nn(C3CCC(CN4CCCC4)CC3)c3ncnc(N)c23)ccc2[c-]cc(-c3ccccc3)nc12.[Y]. The Morgan fingerprint density at radius 3 is 2.52 bits per heavy atom. The van der Waals surface area contributed by atoms with Crippen LogP contribution in [0.4, 0.5) is 5.82 Å². The summed E-state index contributed by atoms with van der Waals surface area (Å²) < 4.78 is 2.14. The first kappa shape index (κ1) is 27.4. The maximum Gasteiger partial charge on any atom is 0.164 e. The smallest absolute Gasteiger partial charge is 0.164 e. The van der Waals surface area contributed by atoms with Gasteiger partial charge in [-0.1, -0.05) is 42.0 Å². The van der Waals surface area contributed by atoms with E-state index < -0.39 is 0 Å². The molecule has 40 heavy (non-hydrogen) atoms. The summed E-state index contributed by atoms with van der Waals surface area (Å²) in [5.41, 5.74) is 13.1. The number of hydrogen-bond donors (Lipinski definition) is 1. The summed E-state index contributed by atoms with van der Waals surface area (Å²) in [4.78, 5) is 16.7. The zero-order valence-corrected chi connectivity index (χ0v) is 25.9. The van der Waals surface area contributed by atoms with E-state index in [1.54, 1.807) is 6.33 Å². The molecule has 3 aromatic heterocycles. The molecule has 2 fully saturated rings. The van der Waals surface area contributed by atoms with Gasteiger partial charge in [-0.2, -0.15) is 5.10 Å². The van der Waals surface area contributed by atoms with Gasteiger partial charge in [0, 0.05) is 39.3 Å². The molecule has 1 saturated carbocycles. The molecule has 0 amide bonds. The number of nitrogens with zero attached hydrogens (tertiary/aromatic N) is 6. The predicted molar refractivity (Wildman–Crippen MR) is 156 cm³/mol. The van der Waals surface area contributed by atoms with Gasteiger partial charge >= 0.3 is 0 Å². The molecule has 1 radical (unpaired) electrons. The van der Waals surface area contributed by atoms with Crippen molar-refractivity contribution in [3.63, 3.8) is 0 Å². The third-order valence-electron chi connectivity index (χ3n) is 8.75. The summed E-state index contributed by atoms with van der Waals surface area (Å²) in [7, 11) is 0. The number of rotatable bonds is 5. The molecule has 0 atom stereocenters. The Kier molecular flexibility index (Phi) is 7.98. The fourth-order valence-corrected chi connectivity index (χ4v) is 6.61. The average Bonchev–Trinajstić information content (AvgIpc) is 3.63. The molecular formula is C32H34N7Y-. The molecule has 8 heteroatoms. The number of aryl methyl sites for hydroxylation is 1. The van der Waals surface area contributed by atoms with E-state index in [0.29, 0.717) is 11.9 Å². The fourth-order valence-electron chi connectivity index (χ4n) is 6.61. The Balaban J connectivity index is 0.00000289. The van der Waals surface area contributed by atoms with Crippen molar-refractivity contribution in [1.82, 2.24) is 29.6 Å². The number of hydrogen-bond acceptors (Lipinski definition) is 6. The molecule has 2 aromatic carbocycles. The molecule has 0 spiro atoms. The van der Waals surface area contributed by atoms with Crippen LogP contribution in [0.5, 0.6) is 0 Å². The Morgan fingerprint density at radius 1 is 0.975 bits per heavy atom. The van der Waals surface area contributed by atoms with Gasteiger partial charge in [0.25, 0.3) is 0 Å². The quantitative estimate of drug-likeness (QED) is 0.240. The maximum absolute atomic E-state index is 6.48. The first-order chi connectivity index (χ1) is 19.2. The summed E-state index contributed by atoms with van der Waals surface area (Å²) >= 11 is 0. The number of pyridine rings is 1. The van der Waals surface area contributed by atoms with Crippen molar-refractivity contribution in [2.24, 2.45) is 5.92 Å². The molecule has 2 aliphatic rings. The van der Waals surface area contributed by atoms with Gasteiger partial charge in [-0.05, 0) is 86.8 Å². The van der Waals surface area contributed by atoms with Gasteiger partial charge < -0.3 is 15.6 Å². The minimum Gasteiger partial charge on any atom is -0.383 e. The second kappa shape index (κ2) is 11.6. The topological polar surface area (TPSA) is 85.8 Å². The van der Waals surface area contributed by atoms with Gasteiger partial charge in [-0.3, -0.25) is 0 Å². The van der Waals surface area contributed by atoms with Crippen LogP contribution in [0.2, 0.25) is 0 Å². The summed E-state index contributed by atoms with van der Waals surface area (Å²) in [6.07, 6.45) is 8.97. The number of nitrogen functional groups attached to an aromatic ring is 1. The normalized spacial score (nSPS) is 19.7. The minimum atomic E-state index is 0. The monoisotopic (exact) mass is 605 g/mol. The molecule has 0 unspecified atom stereocenters. The van der Waals surface area contributed by atoms with Crippen LogP contribution >= 0.6 is 0 Å². The first-order valence-electron chi connectivity index (χ1n) is 14.2. The van der Waals surface area contributed by atoms with Crippen LogP contribution in [0.15, 0.2) is 54.9 Å². The van der Waals surface area contributed by atoms with E-state index in [9.17, 15) is 0 Å². The van der Waals surface area contributed by atoms with Gasteiger partial charge in [-0.25, -0.2) is 14.6 Å². The van der Waals surface area contributed by atoms with Gasteiger partial charge in [0.05, 0.1) is 11.4 Å². The largest absolute Gasteiger partial charge is 0.383 e. The van der Waals surface area contributed by atoms with Crippen LogP contribution in [0.25, 0.3) is 44.5 Å². The predicted octanol–water partition coefficient (Wildman–Crippen LogP) is 6.22. The zero-order valence-electron chi connectivity index (χ0n) is 23.1. The van der Waals surface area contributed by atoms with Crippen molar-refractivity contribution in [3.05, 3.63) is 66.5 Å². The Labute approximate surface area is 260 Å². The fraction of sp³-hybridized carbons (Fsp3) is 0.375. The third-order valence-corrected chi connectivity index (χ3v) is 8.75. The number of nitrogens with two attached hydrogens (primary N) is 1. The molecule has 2 N–H and O–H groups in total. The van der Waals surface area contributed by atoms with Gasteiger partial charge in [0.15, 0.2) is 5.65 Å². The second-order valence-electron chi connectivity index (χ2n) is 11.2. The Hall–Kier alpha value is -2.74. The van der Waals surface area contributed by atoms with E-state index in [1.165, 1.54) is 45.3 Å². The third kappa shape index (κ3) is 5.08. The van der Waals surface area contributed by atoms with E-state index >= 15 is 0 Å². The minimum absolute atomic E-state index is 0. The van der Waals surface area contributed by atoms with Gasteiger partial charge in [0.1, 0.15) is 17.8 Å².